The maximum atomic E-state index is 12.7. The van der Waals surface area contributed by atoms with Crippen LogP contribution in [-0.2, 0) is 4.79 Å². The van der Waals surface area contributed by atoms with Crippen molar-refractivity contribution in [3.63, 3.8) is 0 Å². The van der Waals surface area contributed by atoms with Crippen molar-refractivity contribution in [2.75, 3.05) is 37.6 Å². The Bertz CT molecular complexity index is 993. The first-order valence-corrected chi connectivity index (χ1v) is 10.4. The van der Waals surface area contributed by atoms with Crippen molar-refractivity contribution in [2.45, 2.75) is 25.3 Å². The summed E-state index contributed by atoms with van der Waals surface area (Å²) in [5.74, 6) is 0.274. The molecule has 4 heterocycles. The highest BCUT2D eigenvalue weighted by atomic mass is 35.5. The Labute approximate surface area is 182 Å². The third kappa shape index (κ3) is 4.00. The van der Waals surface area contributed by atoms with Crippen LogP contribution in [0.25, 0.3) is 22.2 Å². The van der Waals surface area contributed by atoms with Crippen LogP contribution >= 0.6 is 12.4 Å². The van der Waals surface area contributed by atoms with E-state index in [1.54, 1.807) is 0 Å². The molecule has 1 unspecified atom stereocenters. The number of fused-ring (bicyclic) bond motifs is 1. The van der Waals surface area contributed by atoms with E-state index in [4.69, 9.17) is 0 Å². The third-order valence-corrected chi connectivity index (χ3v) is 6.07. The monoisotopic (exact) mass is 426 g/mol. The zero-order chi connectivity index (χ0) is 19.6. The van der Waals surface area contributed by atoms with Crippen LogP contribution in [0.2, 0.25) is 0 Å². The Balaban J connectivity index is 0.00000218. The van der Waals surface area contributed by atoms with Crippen LogP contribution in [0.5, 0.6) is 0 Å². The van der Waals surface area contributed by atoms with Crippen molar-refractivity contribution in [3.8, 4) is 11.1 Å². The third-order valence-electron chi connectivity index (χ3n) is 6.07. The number of H-pyrrole nitrogens is 1. The summed E-state index contributed by atoms with van der Waals surface area (Å²) in [5, 5.41) is 11.7. The molecule has 0 bridgehead atoms. The van der Waals surface area contributed by atoms with Gasteiger partial charge in [0.25, 0.3) is 0 Å². The molecule has 158 valence electrons. The molecule has 5 rings (SSSR count). The summed E-state index contributed by atoms with van der Waals surface area (Å²) in [6.07, 6.45) is 6.69. The molecule has 3 aromatic rings. The quantitative estimate of drug-likeness (QED) is 0.670. The van der Waals surface area contributed by atoms with Gasteiger partial charge in [0.15, 0.2) is 5.65 Å². The lowest BCUT2D eigenvalue weighted by Crippen LogP contribution is -2.49. The Hall–Kier alpha value is -2.64. The van der Waals surface area contributed by atoms with Crippen molar-refractivity contribution in [1.82, 2.24) is 25.4 Å². The molecule has 0 radical (unpaired) electrons. The highest BCUT2D eigenvalue weighted by Gasteiger charge is 2.27. The average molecular weight is 427 g/mol. The van der Waals surface area contributed by atoms with Crippen LogP contribution in [-0.4, -0.2) is 64.8 Å². The van der Waals surface area contributed by atoms with Gasteiger partial charge in [-0.2, -0.15) is 5.10 Å². The predicted molar refractivity (Wildman–Crippen MR) is 121 cm³/mol. The number of nitrogens with zero attached hydrogens (tertiary/aromatic N) is 4. The SMILES string of the molecule is Cl.O=C(CC1CCCN1)N1CCN(c2c(-c3ccccc3)cnc3[nH]ncc23)CC1. The fourth-order valence-electron chi connectivity index (χ4n) is 4.51. The largest absolute Gasteiger partial charge is 0.367 e. The summed E-state index contributed by atoms with van der Waals surface area (Å²) in [5.41, 5.74) is 4.20. The van der Waals surface area contributed by atoms with Crippen LogP contribution in [0.15, 0.2) is 42.7 Å². The first-order valence-electron chi connectivity index (χ1n) is 10.4. The molecule has 7 nitrogen and oxygen atoms in total. The van der Waals surface area contributed by atoms with E-state index >= 15 is 0 Å². The van der Waals surface area contributed by atoms with Crippen LogP contribution in [0.1, 0.15) is 19.3 Å². The first-order chi connectivity index (χ1) is 14.3. The second-order valence-electron chi connectivity index (χ2n) is 7.88. The molecule has 2 fully saturated rings. The number of hydrogen-bond donors (Lipinski definition) is 2. The molecule has 0 aliphatic carbocycles. The summed E-state index contributed by atoms with van der Waals surface area (Å²) >= 11 is 0. The van der Waals surface area contributed by atoms with Gasteiger partial charge in [-0.1, -0.05) is 30.3 Å². The lowest BCUT2D eigenvalue weighted by atomic mass is 10.0. The Morgan fingerprint density at radius 1 is 1.10 bits per heavy atom. The number of carbonyl (C=O) groups is 1. The molecule has 2 aliphatic heterocycles. The number of halogens is 1. The topological polar surface area (TPSA) is 77.2 Å². The normalized spacial score (nSPS) is 19.1. The highest BCUT2D eigenvalue weighted by molar-refractivity contribution is 5.98. The molecule has 2 saturated heterocycles. The minimum Gasteiger partial charge on any atom is -0.367 e. The number of hydrogen-bond acceptors (Lipinski definition) is 5. The molecule has 0 spiro atoms. The van der Waals surface area contributed by atoms with E-state index in [2.05, 4.69) is 37.5 Å². The highest BCUT2D eigenvalue weighted by Crippen LogP contribution is 2.36. The standard InChI is InChI=1S/C22H26N6O.ClH/c29-20(13-17-7-4-8-23-17)27-9-11-28(12-10-27)21-18(16-5-2-1-3-6-16)14-24-22-19(21)15-25-26-22;/h1-3,5-6,14-15,17,23H,4,7-13H2,(H,24,25,26);1H. The molecule has 2 aromatic heterocycles. The molecule has 1 atom stereocenters. The number of aromatic nitrogens is 3. The van der Waals surface area contributed by atoms with Crippen molar-refractivity contribution < 1.29 is 4.79 Å². The number of carbonyl (C=O) groups excluding carboxylic acids is 1. The smallest absolute Gasteiger partial charge is 0.224 e. The van der Waals surface area contributed by atoms with Gasteiger partial charge in [-0.25, -0.2) is 4.98 Å². The maximum absolute atomic E-state index is 12.7. The van der Waals surface area contributed by atoms with E-state index in [0.29, 0.717) is 12.5 Å². The van der Waals surface area contributed by atoms with Gasteiger partial charge >= 0.3 is 0 Å². The number of nitrogens with one attached hydrogen (secondary N) is 2. The fraction of sp³-hybridized carbons (Fsp3) is 0.409. The van der Waals surface area contributed by atoms with Crippen molar-refractivity contribution in [3.05, 3.63) is 42.7 Å². The Morgan fingerprint density at radius 3 is 2.63 bits per heavy atom. The molecule has 1 aromatic carbocycles. The Morgan fingerprint density at radius 2 is 1.90 bits per heavy atom. The summed E-state index contributed by atoms with van der Waals surface area (Å²) in [7, 11) is 0. The number of piperazine rings is 1. The van der Waals surface area contributed by atoms with E-state index < -0.39 is 0 Å². The van der Waals surface area contributed by atoms with Gasteiger partial charge in [0.2, 0.25) is 5.91 Å². The van der Waals surface area contributed by atoms with Gasteiger partial charge in [0, 0.05) is 50.4 Å². The van der Waals surface area contributed by atoms with Gasteiger partial charge in [0.05, 0.1) is 17.3 Å². The number of rotatable bonds is 4. The molecule has 0 saturated carbocycles. The van der Waals surface area contributed by atoms with E-state index in [1.165, 1.54) is 6.42 Å². The van der Waals surface area contributed by atoms with Crippen LogP contribution in [0.3, 0.4) is 0 Å². The van der Waals surface area contributed by atoms with Gasteiger partial charge < -0.3 is 15.1 Å². The van der Waals surface area contributed by atoms with Crippen LogP contribution in [0, 0.1) is 0 Å². The predicted octanol–water partition coefficient (Wildman–Crippen LogP) is 2.84. The molecule has 2 aliphatic rings. The molecular weight excluding hydrogens is 400 g/mol. The second kappa shape index (κ2) is 9.02. The molecular formula is C22H27ClN6O. The van der Waals surface area contributed by atoms with Gasteiger partial charge in [-0.3, -0.25) is 9.89 Å². The van der Waals surface area contributed by atoms with Crippen LogP contribution < -0.4 is 10.2 Å². The summed E-state index contributed by atoms with van der Waals surface area (Å²) in [6.45, 7) is 4.17. The second-order valence-corrected chi connectivity index (χ2v) is 7.88. The molecule has 8 heteroatoms. The zero-order valence-electron chi connectivity index (χ0n) is 16.9. The summed E-state index contributed by atoms with van der Waals surface area (Å²) in [4.78, 5) is 21.7. The Kier molecular flexibility index (Phi) is 6.20. The molecule has 2 N–H and O–H groups in total. The number of benzene rings is 1. The zero-order valence-corrected chi connectivity index (χ0v) is 17.7. The van der Waals surface area contributed by atoms with Crippen molar-refractivity contribution in [1.29, 1.82) is 0 Å². The molecule has 1 amide bonds. The van der Waals surface area contributed by atoms with Crippen LogP contribution in [0.4, 0.5) is 5.69 Å². The number of aromatic amines is 1. The number of amides is 1. The van der Waals surface area contributed by atoms with Crippen molar-refractivity contribution in [2.24, 2.45) is 0 Å². The molecule has 30 heavy (non-hydrogen) atoms. The van der Waals surface area contributed by atoms with E-state index in [1.807, 2.05) is 35.5 Å². The van der Waals surface area contributed by atoms with Gasteiger partial charge in [-0.15, -0.1) is 12.4 Å². The van der Waals surface area contributed by atoms with E-state index in [0.717, 1.165) is 67.0 Å². The van der Waals surface area contributed by atoms with E-state index in [-0.39, 0.29) is 18.3 Å². The minimum atomic E-state index is 0. The maximum Gasteiger partial charge on any atom is 0.224 e. The van der Waals surface area contributed by atoms with Gasteiger partial charge in [-0.05, 0) is 24.9 Å². The lowest BCUT2D eigenvalue weighted by molar-refractivity contribution is -0.131. The fourth-order valence-corrected chi connectivity index (χ4v) is 4.51. The van der Waals surface area contributed by atoms with E-state index in [9.17, 15) is 4.79 Å². The minimum absolute atomic E-state index is 0. The summed E-state index contributed by atoms with van der Waals surface area (Å²) < 4.78 is 0. The number of anilines is 1. The van der Waals surface area contributed by atoms with Gasteiger partial charge in [0.1, 0.15) is 0 Å². The summed E-state index contributed by atoms with van der Waals surface area (Å²) in [6, 6.07) is 10.7. The first kappa shape index (κ1) is 20.6. The average Bonchev–Trinajstić information content (AvgIpc) is 3.45. The lowest BCUT2D eigenvalue weighted by Gasteiger charge is -2.37. The number of pyridine rings is 1. The van der Waals surface area contributed by atoms with Crippen molar-refractivity contribution >= 4 is 35.0 Å².